The molecular formula is C16H20N2O4. The zero-order chi connectivity index (χ0) is 15.7. The molecule has 0 radical (unpaired) electrons. The number of anilines is 1. The molecule has 0 bridgehead atoms. The second-order valence-corrected chi connectivity index (χ2v) is 5.85. The number of amides is 2. The summed E-state index contributed by atoms with van der Waals surface area (Å²) in [5, 5.41) is 9.04. The van der Waals surface area contributed by atoms with Crippen LogP contribution < -0.4 is 9.64 Å². The van der Waals surface area contributed by atoms with Crippen molar-refractivity contribution in [1.29, 1.82) is 0 Å². The molecule has 0 aromatic heterocycles. The number of hydrogen-bond donors (Lipinski definition) is 1. The zero-order valence-corrected chi connectivity index (χ0v) is 12.6. The Labute approximate surface area is 129 Å². The Morgan fingerprint density at radius 1 is 1.23 bits per heavy atom. The van der Waals surface area contributed by atoms with Crippen molar-refractivity contribution in [2.75, 3.05) is 31.1 Å². The molecule has 1 saturated heterocycles. The lowest BCUT2D eigenvalue weighted by molar-refractivity contribution is -0.143. The van der Waals surface area contributed by atoms with Crippen LogP contribution in [-0.2, 0) is 4.79 Å². The van der Waals surface area contributed by atoms with Crippen molar-refractivity contribution in [2.24, 2.45) is 5.92 Å². The molecule has 22 heavy (non-hydrogen) atoms. The number of aryl methyl sites for hydroxylation is 1. The van der Waals surface area contributed by atoms with E-state index in [1.807, 2.05) is 25.1 Å². The Morgan fingerprint density at radius 2 is 1.95 bits per heavy atom. The number of fused-ring (bicyclic) bond motifs is 1. The Morgan fingerprint density at radius 3 is 2.64 bits per heavy atom. The van der Waals surface area contributed by atoms with E-state index < -0.39 is 5.97 Å². The van der Waals surface area contributed by atoms with Crippen molar-refractivity contribution < 1.29 is 19.4 Å². The van der Waals surface area contributed by atoms with Gasteiger partial charge in [0, 0.05) is 13.1 Å². The van der Waals surface area contributed by atoms with Crippen LogP contribution in [-0.4, -0.2) is 48.2 Å². The van der Waals surface area contributed by atoms with Gasteiger partial charge in [0.05, 0.1) is 18.2 Å². The average molecular weight is 304 g/mol. The number of carbonyl (C=O) groups is 2. The van der Waals surface area contributed by atoms with Crippen molar-refractivity contribution in [3.8, 4) is 5.75 Å². The highest BCUT2D eigenvalue weighted by atomic mass is 16.5. The molecule has 1 N–H and O–H groups in total. The molecular weight excluding hydrogens is 284 g/mol. The number of aliphatic carboxylic acids is 1. The molecule has 2 aliphatic heterocycles. The molecule has 6 heteroatoms. The summed E-state index contributed by atoms with van der Waals surface area (Å²) < 4.78 is 5.60. The number of hydrogen-bond acceptors (Lipinski definition) is 3. The third-order valence-corrected chi connectivity index (χ3v) is 4.32. The smallest absolute Gasteiger partial charge is 0.324 e. The van der Waals surface area contributed by atoms with Gasteiger partial charge in [0.15, 0.2) is 0 Å². The largest absolute Gasteiger partial charge is 0.490 e. The van der Waals surface area contributed by atoms with Crippen LogP contribution in [0.25, 0.3) is 0 Å². The number of ether oxygens (including phenoxy) is 1. The van der Waals surface area contributed by atoms with Crippen LogP contribution in [0.15, 0.2) is 18.2 Å². The van der Waals surface area contributed by atoms with E-state index in [1.165, 1.54) is 0 Å². The van der Waals surface area contributed by atoms with E-state index in [4.69, 9.17) is 9.84 Å². The van der Waals surface area contributed by atoms with Crippen LogP contribution in [0.5, 0.6) is 5.75 Å². The normalized spacial score (nSPS) is 18.6. The molecule has 6 nitrogen and oxygen atoms in total. The van der Waals surface area contributed by atoms with Gasteiger partial charge in [-0.05, 0) is 37.5 Å². The molecule has 2 aliphatic rings. The molecule has 0 aliphatic carbocycles. The van der Waals surface area contributed by atoms with Gasteiger partial charge >= 0.3 is 12.0 Å². The van der Waals surface area contributed by atoms with Crippen molar-refractivity contribution in [3.63, 3.8) is 0 Å². The van der Waals surface area contributed by atoms with Gasteiger partial charge in [-0.2, -0.15) is 0 Å². The molecule has 0 saturated carbocycles. The number of urea groups is 1. The maximum Gasteiger partial charge on any atom is 0.324 e. The first-order chi connectivity index (χ1) is 10.6. The highest BCUT2D eigenvalue weighted by Crippen LogP contribution is 2.33. The van der Waals surface area contributed by atoms with Crippen LogP contribution in [0.1, 0.15) is 18.4 Å². The summed E-state index contributed by atoms with van der Waals surface area (Å²) in [6, 6.07) is 5.75. The monoisotopic (exact) mass is 304 g/mol. The highest BCUT2D eigenvalue weighted by molar-refractivity contribution is 5.94. The predicted molar refractivity (Wildman–Crippen MR) is 81.3 cm³/mol. The summed E-state index contributed by atoms with van der Waals surface area (Å²) >= 11 is 0. The Hall–Kier alpha value is -2.24. The Balaban J connectivity index is 1.74. The maximum absolute atomic E-state index is 12.8. The van der Waals surface area contributed by atoms with Gasteiger partial charge in [0.25, 0.3) is 0 Å². The number of likely N-dealkylation sites (tertiary alicyclic amines) is 1. The minimum Gasteiger partial charge on any atom is -0.490 e. The molecule has 1 aromatic carbocycles. The fraction of sp³-hybridized carbons (Fsp3) is 0.500. The first-order valence-electron chi connectivity index (χ1n) is 7.59. The summed E-state index contributed by atoms with van der Waals surface area (Å²) in [4.78, 5) is 27.2. The molecule has 0 spiro atoms. The standard InChI is InChI=1S/C16H20N2O4/c1-11-2-3-14-13(10-11)18(8-9-22-14)16(21)17-6-4-12(5-7-17)15(19)20/h2-3,10,12H,4-9H2,1H3,(H,19,20). The minimum absolute atomic E-state index is 0.0565. The van der Waals surface area contributed by atoms with Gasteiger partial charge < -0.3 is 14.7 Å². The van der Waals surface area contributed by atoms with Crippen molar-refractivity contribution >= 4 is 17.7 Å². The number of piperidine rings is 1. The summed E-state index contributed by atoms with van der Waals surface area (Å²) in [6.07, 6.45) is 1.04. The molecule has 2 heterocycles. The topological polar surface area (TPSA) is 70.1 Å². The van der Waals surface area contributed by atoms with Crippen molar-refractivity contribution in [1.82, 2.24) is 4.90 Å². The molecule has 118 valence electrons. The van der Waals surface area contributed by atoms with Gasteiger partial charge in [-0.15, -0.1) is 0 Å². The molecule has 0 unspecified atom stereocenters. The fourth-order valence-electron chi connectivity index (χ4n) is 3.01. The lowest BCUT2D eigenvalue weighted by Crippen LogP contribution is -2.49. The summed E-state index contributed by atoms with van der Waals surface area (Å²) in [6.45, 7) is 3.97. The average Bonchev–Trinajstić information content (AvgIpc) is 2.53. The quantitative estimate of drug-likeness (QED) is 0.862. The van der Waals surface area contributed by atoms with E-state index in [0.29, 0.717) is 39.1 Å². The Kier molecular flexibility index (Phi) is 3.92. The number of nitrogens with zero attached hydrogens (tertiary/aromatic N) is 2. The van der Waals surface area contributed by atoms with Gasteiger partial charge in [-0.3, -0.25) is 9.69 Å². The zero-order valence-electron chi connectivity index (χ0n) is 12.6. The first kappa shape index (κ1) is 14.7. The van der Waals surface area contributed by atoms with Gasteiger partial charge in [-0.1, -0.05) is 6.07 Å². The number of benzene rings is 1. The summed E-state index contributed by atoms with van der Waals surface area (Å²) in [5.74, 6) is -0.367. The van der Waals surface area contributed by atoms with E-state index in [-0.39, 0.29) is 11.9 Å². The van der Waals surface area contributed by atoms with E-state index in [9.17, 15) is 9.59 Å². The van der Waals surface area contributed by atoms with E-state index in [0.717, 1.165) is 17.0 Å². The van der Waals surface area contributed by atoms with Crippen LogP contribution in [0, 0.1) is 12.8 Å². The lowest BCUT2D eigenvalue weighted by Gasteiger charge is -2.37. The molecule has 3 rings (SSSR count). The number of carboxylic acid groups (broad SMARTS) is 1. The second kappa shape index (κ2) is 5.87. The number of rotatable bonds is 1. The third-order valence-electron chi connectivity index (χ3n) is 4.32. The van der Waals surface area contributed by atoms with Gasteiger partial charge in [0.2, 0.25) is 0 Å². The van der Waals surface area contributed by atoms with Crippen LogP contribution >= 0.6 is 0 Å². The molecule has 0 atom stereocenters. The SMILES string of the molecule is Cc1ccc2c(c1)N(C(=O)N1CCC(C(=O)O)CC1)CCO2. The molecule has 1 fully saturated rings. The van der Waals surface area contributed by atoms with Crippen LogP contribution in [0.4, 0.5) is 10.5 Å². The van der Waals surface area contributed by atoms with E-state index in [1.54, 1.807) is 9.80 Å². The Bertz CT molecular complexity index is 594. The summed E-state index contributed by atoms with van der Waals surface area (Å²) in [7, 11) is 0. The molecule has 2 amide bonds. The molecule has 1 aromatic rings. The van der Waals surface area contributed by atoms with Crippen molar-refractivity contribution in [3.05, 3.63) is 23.8 Å². The predicted octanol–water partition coefficient (Wildman–Crippen LogP) is 2.11. The number of carbonyl (C=O) groups excluding carboxylic acids is 1. The van der Waals surface area contributed by atoms with Crippen molar-refractivity contribution in [2.45, 2.75) is 19.8 Å². The maximum atomic E-state index is 12.8. The van der Waals surface area contributed by atoms with Crippen LogP contribution in [0.3, 0.4) is 0 Å². The highest BCUT2D eigenvalue weighted by Gasteiger charge is 2.32. The second-order valence-electron chi connectivity index (χ2n) is 5.85. The van der Waals surface area contributed by atoms with Gasteiger partial charge in [-0.25, -0.2) is 4.79 Å². The third kappa shape index (κ3) is 2.73. The number of carboxylic acids is 1. The lowest BCUT2D eigenvalue weighted by atomic mass is 9.97. The van der Waals surface area contributed by atoms with E-state index >= 15 is 0 Å². The van der Waals surface area contributed by atoms with E-state index in [2.05, 4.69) is 0 Å². The van der Waals surface area contributed by atoms with Crippen LogP contribution in [0.2, 0.25) is 0 Å². The fourth-order valence-corrected chi connectivity index (χ4v) is 3.01. The van der Waals surface area contributed by atoms with Gasteiger partial charge in [0.1, 0.15) is 12.4 Å². The summed E-state index contributed by atoms with van der Waals surface area (Å²) in [5.41, 5.74) is 1.88. The minimum atomic E-state index is -0.764. The first-order valence-corrected chi connectivity index (χ1v) is 7.59.